The van der Waals surface area contributed by atoms with E-state index in [0.717, 1.165) is 28.5 Å². The number of hydrogen-bond donors (Lipinski definition) is 2. The van der Waals surface area contributed by atoms with Crippen LogP contribution in [0.3, 0.4) is 0 Å². The van der Waals surface area contributed by atoms with Crippen molar-refractivity contribution in [3.8, 4) is 5.75 Å². The smallest absolute Gasteiger partial charge is 0.120 e. The van der Waals surface area contributed by atoms with E-state index in [1.165, 1.54) is 0 Å². The molecule has 0 saturated heterocycles. The zero-order valence-corrected chi connectivity index (χ0v) is 10.0. The number of phenols is 1. The van der Waals surface area contributed by atoms with Crippen molar-refractivity contribution in [2.75, 3.05) is 6.54 Å². The maximum atomic E-state index is 9.91. The Labute approximate surface area is 102 Å². The van der Waals surface area contributed by atoms with Gasteiger partial charge in [0, 0.05) is 18.7 Å². The van der Waals surface area contributed by atoms with Crippen LogP contribution in [-0.4, -0.2) is 11.7 Å². The summed E-state index contributed by atoms with van der Waals surface area (Å²) < 4.78 is 0. The maximum Gasteiger partial charge on any atom is 0.120 e. The lowest BCUT2D eigenvalue weighted by Crippen LogP contribution is -2.15. The van der Waals surface area contributed by atoms with Crippen LogP contribution in [0.25, 0.3) is 10.8 Å². The van der Waals surface area contributed by atoms with Crippen molar-refractivity contribution in [1.29, 1.82) is 0 Å². The van der Waals surface area contributed by atoms with Crippen LogP contribution in [0, 0.1) is 0 Å². The summed E-state index contributed by atoms with van der Waals surface area (Å²) in [7, 11) is 0. The van der Waals surface area contributed by atoms with E-state index in [0.29, 0.717) is 12.3 Å². The summed E-state index contributed by atoms with van der Waals surface area (Å²) in [5.41, 5.74) is 2.04. The van der Waals surface area contributed by atoms with Crippen LogP contribution in [0.4, 0.5) is 0 Å². The van der Waals surface area contributed by atoms with Gasteiger partial charge in [-0.25, -0.2) is 0 Å². The lowest BCUT2D eigenvalue weighted by molar-refractivity contribution is 0.466. The molecule has 2 N–H and O–H groups in total. The predicted octanol–water partition coefficient (Wildman–Crippen LogP) is 3.21. The second-order valence-electron chi connectivity index (χ2n) is 4.35. The first-order valence-corrected chi connectivity index (χ1v) is 5.73. The Morgan fingerprint density at radius 1 is 1.24 bits per heavy atom. The monoisotopic (exact) mass is 227 g/mol. The Bertz CT molecular complexity index is 546. The molecule has 0 aliphatic rings. The SMILES string of the molecule is C=C(C)CNCc1c(O)ccc2ccccc12. The number of benzene rings is 2. The molecule has 0 saturated carbocycles. The Balaban J connectivity index is 2.31. The van der Waals surface area contributed by atoms with Gasteiger partial charge in [-0.3, -0.25) is 0 Å². The van der Waals surface area contributed by atoms with E-state index in [4.69, 9.17) is 0 Å². The minimum atomic E-state index is 0.345. The molecule has 0 atom stereocenters. The summed E-state index contributed by atoms with van der Waals surface area (Å²) in [5, 5.41) is 15.4. The van der Waals surface area contributed by atoms with Crippen molar-refractivity contribution in [3.05, 3.63) is 54.1 Å². The van der Waals surface area contributed by atoms with Crippen LogP contribution in [0.15, 0.2) is 48.6 Å². The highest BCUT2D eigenvalue weighted by molar-refractivity contribution is 5.87. The van der Waals surface area contributed by atoms with Crippen LogP contribution in [0.5, 0.6) is 5.75 Å². The summed E-state index contributed by atoms with van der Waals surface area (Å²) in [6, 6.07) is 11.8. The van der Waals surface area contributed by atoms with E-state index in [2.05, 4.69) is 18.0 Å². The maximum absolute atomic E-state index is 9.91. The summed E-state index contributed by atoms with van der Waals surface area (Å²) in [4.78, 5) is 0. The molecule has 0 unspecified atom stereocenters. The molecule has 2 nitrogen and oxygen atoms in total. The molecular weight excluding hydrogens is 210 g/mol. The summed E-state index contributed by atoms with van der Waals surface area (Å²) in [6.45, 7) is 7.25. The molecule has 0 aliphatic heterocycles. The fourth-order valence-electron chi connectivity index (χ4n) is 1.91. The molecule has 0 heterocycles. The highest BCUT2D eigenvalue weighted by atomic mass is 16.3. The van der Waals surface area contributed by atoms with Crippen LogP contribution in [-0.2, 0) is 6.54 Å². The molecular formula is C15H17NO. The molecule has 0 amide bonds. The highest BCUT2D eigenvalue weighted by Gasteiger charge is 2.05. The first-order valence-electron chi connectivity index (χ1n) is 5.73. The van der Waals surface area contributed by atoms with Crippen molar-refractivity contribution >= 4 is 10.8 Å². The first-order chi connectivity index (χ1) is 8.18. The quantitative estimate of drug-likeness (QED) is 0.786. The van der Waals surface area contributed by atoms with E-state index < -0.39 is 0 Å². The van der Waals surface area contributed by atoms with Gasteiger partial charge in [0.15, 0.2) is 0 Å². The van der Waals surface area contributed by atoms with Crippen molar-refractivity contribution in [2.45, 2.75) is 13.5 Å². The van der Waals surface area contributed by atoms with Gasteiger partial charge in [-0.1, -0.05) is 42.5 Å². The number of aromatic hydroxyl groups is 1. The average molecular weight is 227 g/mol. The molecule has 0 radical (unpaired) electrons. The normalized spacial score (nSPS) is 10.6. The Hall–Kier alpha value is -1.80. The van der Waals surface area contributed by atoms with Crippen LogP contribution in [0.2, 0.25) is 0 Å². The Morgan fingerprint density at radius 2 is 2.00 bits per heavy atom. The van der Waals surface area contributed by atoms with Gasteiger partial charge in [-0.2, -0.15) is 0 Å². The van der Waals surface area contributed by atoms with E-state index in [1.807, 2.05) is 31.2 Å². The van der Waals surface area contributed by atoms with Crippen LogP contribution < -0.4 is 5.32 Å². The number of phenolic OH excluding ortho intramolecular Hbond substituents is 1. The molecule has 0 aliphatic carbocycles. The minimum Gasteiger partial charge on any atom is -0.508 e. The summed E-state index contributed by atoms with van der Waals surface area (Å²) in [6.07, 6.45) is 0. The molecule has 88 valence electrons. The van der Waals surface area contributed by atoms with Crippen molar-refractivity contribution in [2.24, 2.45) is 0 Å². The molecule has 0 bridgehead atoms. The summed E-state index contributed by atoms with van der Waals surface area (Å²) >= 11 is 0. The van der Waals surface area contributed by atoms with Gasteiger partial charge in [0.25, 0.3) is 0 Å². The Kier molecular flexibility index (Phi) is 3.45. The molecule has 0 fully saturated rings. The highest BCUT2D eigenvalue weighted by Crippen LogP contribution is 2.26. The number of hydrogen-bond acceptors (Lipinski definition) is 2. The van der Waals surface area contributed by atoms with Crippen molar-refractivity contribution < 1.29 is 5.11 Å². The number of rotatable bonds is 4. The second kappa shape index (κ2) is 5.02. The molecule has 2 heteroatoms. The van der Waals surface area contributed by atoms with Crippen molar-refractivity contribution in [1.82, 2.24) is 5.32 Å². The molecule has 2 aromatic rings. The third kappa shape index (κ3) is 2.66. The molecule has 0 aromatic heterocycles. The third-order valence-electron chi connectivity index (χ3n) is 2.74. The summed E-state index contributed by atoms with van der Waals surface area (Å²) in [5.74, 6) is 0.345. The minimum absolute atomic E-state index is 0.345. The number of nitrogens with one attached hydrogen (secondary N) is 1. The number of fused-ring (bicyclic) bond motifs is 1. The second-order valence-corrected chi connectivity index (χ2v) is 4.35. The molecule has 2 rings (SSSR count). The average Bonchev–Trinajstić information content (AvgIpc) is 2.32. The van der Waals surface area contributed by atoms with Gasteiger partial charge in [0.1, 0.15) is 5.75 Å². The van der Waals surface area contributed by atoms with E-state index in [-0.39, 0.29) is 0 Å². The molecule has 17 heavy (non-hydrogen) atoms. The predicted molar refractivity (Wildman–Crippen MR) is 72.1 cm³/mol. The fraction of sp³-hybridized carbons (Fsp3) is 0.200. The van der Waals surface area contributed by atoms with Gasteiger partial charge in [-0.15, -0.1) is 0 Å². The van der Waals surface area contributed by atoms with Crippen molar-refractivity contribution in [3.63, 3.8) is 0 Å². The molecule has 2 aromatic carbocycles. The topological polar surface area (TPSA) is 32.3 Å². The Morgan fingerprint density at radius 3 is 2.76 bits per heavy atom. The largest absolute Gasteiger partial charge is 0.508 e. The van der Waals surface area contributed by atoms with Gasteiger partial charge >= 0.3 is 0 Å². The zero-order chi connectivity index (χ0) is 12.3. The van der Waals surface area contributed by atoms with E-state index >= 15 is 0 Å². The van der Waals surface area contributed by atoms with Gasteiger partial charge < -0.3 is 10.4 Å². The van der Waals surface area contributed by atoms with Gasteiger partial charge in [0.05, 0.1) is 0 Å². The first kappa shape index (κ1) is 11.7. The third-order valence-corrected chi connectivity index (χ3v) is 2.74. The van der Waals surface area contributed by atoms with Gasteiger partial charge in [0.2, 0.25) is 0 Å². The zero-order valence-electron chi connectivity index (χ0n) is 10.0. The lowest BCUT2D eigenvalue weighted by atomic mass is 10.0. The standard InChI is InChI=1S/C15H17NO/c1-11(2)9-16-10-14-13-6-4-3-5-12(13)7-8-15(14)17/h3-8,16-17H,1,9-10H2,2H3. The molecule has 0 spiro atoms. The lowest BCUT2D eigenvalue weighted by Gasteiger charge is -2.10. The van der Waals surface area contributed by atoms with Crippen LogP contribution >= 0.6 is 0 Å². The van der Waals surface area contributed by atoms with Gasteiger partial charge in [-0.05, 0) is 23.8 Å². The fourth-order valence-corrected chi connectivity index (χ4v) is 1.91. The van der Waals surface area contributed by atoms with E-state index in [9.17, 15) is 5.11 Å². The van der Waals surface area contributed by atoms with E-state index in [1.54, 1.807) is 6.07 Å². The van der Waals surface area contributed by atoms with Crippen LogP contribution in [0.1, 0.15) is 12.5 Å².